The van der Waals surface area contributed by atoms with Gasteiger partial charge >= 0.3 is 0 Å². The number of fused-ring (bicyclic) bond motifs is 1. The van der Waals surface area contributed by atoms with E-state index in [1.165, 1.54) is 11.3 Å². The van der Waals surface area contributed by atoms with Gasteiger partial charge in [0.15, 0.2) is 5.58 Å². The lowest BCUT2D eigenvalue weighted by Gasteiger charge is -2.08. The Labute approximate surface area is 139 Å². The molecule has 118 valence electrons. The minimum Gasteiger partial charge on any atom is -0.356 e. The van der Waals surface area contributed by atoms with Crippen molar-refractivity contribution in [1.29, 1.82) is 0 Å². The number of aromatic nitrogens is 2. The third-order valence-electron chi connectivity index (χ3n) is 4.23. The Balaban J connectivity index is 1.48. The number of rotatable bonds is 5. The second-order valence-corrected chi connectivity index (χ2v) is 6.93. The fourth-order valence-electron chi connectivity index (χ4n) is 2.99. The molecule has 5 heteroatoms. The summed E-state index contributed by atoms with van der Waals surface area (Å²) in [6, 6.07) is 13.1. The second kappa shape index (κ2) is 6.72. The van der Waals surface area contributed by atoms with Crippen LogP contribution >= 0.6 is 11.8 Å². The van der Waals surface area contributed by atoms with Crippen LogP contribution in [0.5, 0.6) is 0 Å². The molecule has 1 aliphatic heterocycles. The molecule has 2 aromatic heterocycles. The zero-order valence-electron chi connectivity index (χ0n) is 12.9. The minimum atomic E-state index is 0.573. The molecule has 0 spiro atoms. The highest BCUT2D eigenvalue weighted by atomic mass is 32.2. The highest BCUT2D eigenvalue weighted by molar-refractivity contribution is 7.99. The molecule has 1 N–H and O–H groups in total. The molecule has 4 rings (SSSR count). The lowest BCUT2D eigenvalue weighted by molar-refractivity contribution is 0.445. The summed E-state index contributed by atoms with van der Waals surface area (Å²) in [6.07, 6.45) is 4.61. The molecule has 0 aliphatic carbocycles. The number of hydrogen-bond acceptors (Lipinski definition) is 5. The van der Waals surface area contributed by atoms with Gasteiger partial charge in [-0.15, -0.1) is 11.8 Å². The average molecular weight is 325 g/mol. The second-order valence-electron chi connectivity index (χ2n) is 5.90. The van der Waals surface area contributed by atoms with Gasteiger partial charge < -0.3 is 9.84 Å². The first kappa shape index (κ1) is 14.7. The molecular weight excluding hydrogens is 306 g/mol. The molecule has 1 aliphatic rings. The maximum Gasteiger partial charge on any atom is 0.167 e. The van der Waals surface area contributed by atoms with Gasteiger partial charge in [-0.05, 0) is 49.1 Å². The summed E-state index contributed by atoms with van der Waals surface area (Å²) < 4.78 is 5.55. The van der Waals surface area contributed by atoms with Gasteiger partial charge in [0, 0.05) is 34.9 Å². The van der Waals surface area contributed by atoms with E-state index < -0.39 is 0 Å². The zero-order chi connectivity index (χ0) is 15.5. The number of thioether (sulfide) groups is 1. The molecule has 1 aromatic carbocycles. The largest absolute Gasteiger partial charge is 0.356 e. The molecule has 0 bridgehead atoms. The molecule has 1 fully saturated rings. The van der Waals surface area contributed by atoms with Crippen molar-refractivity contribution >= 4 is 22.7 Å². The Morgan fingerprint density at radius 2 is 2.22 bits per heavy atom. The summed E-state index contributed by atoms with van der Waals surface area (Å²) in [6.45, 7) is 0. The first-order chi connectivity index (χ1) is 11.4. The Morgan fingerprint density at radius 1 is 1.22 bits per heavy atom. The van der Waals surface area contributed by atoms with Gasteiger partial charge in [-0.2, -0.15) is 0 Å². The van der Waals surface area contributed by atoms with Crippen LogP contribution in [0.15, 0.2) is 47.1 Å². The number of nitrogens with zero attached hydrogens (tertiary/aromatic N) is 2. The Bertz CT molecular complexity index is 781. The predicted octanol–water partition coefficient (Wildman–Crippen LogP) is 3.21. The van der Waals surface area contributed by atoms with Gasteiger partial charge in [0.1, 0.15) is 0 Å². The molecule has 0 radical (unpaired) electrons. The Hall–Kier alpha value is -1.85. The van der Waals surface area contributed by atoms with Gasteiger partial charge in [0.2, 0.25) is 0 Å². The fraction of sp³-hybridized carbons (Fsp3) is 0.333. The van der Waals surface area contributed by atoms with Crippen LogP contribution in [-0.2, 0) is 19.3 Å². The van der Waals surface area contributed by atoms with Crippen LogP contribution in [0, 0.1) is 0 Å². The number of hydrogen-bond donors (Lipinski definition) is 1. The topological polar surface area (TPSA) is 51.0 Å². The van der Waals surface area contributed by atoms with E-state index in [2.05, 4.69) is 33.7 Å². The smallest absolute Gasteiger partial charge is 0.167 e. The summed E-state index contributed by atoms with van der Waals surface area (Å²) in [4.78, 5) is 4.36. The van der Waals surface area contributed by atoms with Gasteiger partial charge in [-0.25, -0.2) is 0 Å². The number of pyridine rings is 1. The quantitative estimate of drug-likeness (QED) is 0.780. The fourth-order valence-corrected chi connectivity index (χ4v) is 3.98. The standard InChI is InChI=1S/C18H19N3OS/c1-2-8-19-14(3-1)5-7-17-16-6-4-13(10-18(16)22-21-17)9-15-11-23-12-20-15/h1-4,6,8,10,15,20H,5,7,9,11-12H2. The SMILES string of the molecule is c1ccc(CCc2noc3cc(CC4CSCN4)ccc23)nc1. The third kappa shape index (κ3) is 3.41. The van der Waals surface area contributed by atoms with Crippen molar-refractivity contribution < 1.29 is 4.52 Å². The lowest BCUT2D eigenvalue weighted by atomic mass is 10.0. The molecule has 1 atom stereocenters. The van der Waals surface area contributed by atoms with Gasteiger partial charge in [-0.3, -0.25) is 4.98 Å². The van der Waals surface area contributed by atoms with Crippen molar-refractivity contribution in [1.82, 2.24) is 15.5 Å². The van der Waals surface area contributed by atoms with Crippen LogP contribution in [0.3, 0.4) is 0 Å². The minimum absolute atomic E-state index is 0.573. The number of aryl methyl sites for hydroxylation is 2. The van der Waals surface area contributed by atoms with E-state index in [1.807, 2.05) is 36.2 Å². The van der Waals surface area contributed by atoms with Crippen molar-refractivity contribution in [2.45, 2.75) is 25.3 Å². The molecule has 1 saturated heterocycles. The number of benzene rings is 1. The summed E-state index contributed by atoms with van der Waals surface area (Å²) in [5.74, 6) is 2.25. The molecule has 0 amide bonds. The summed E-state index contributed by atoms with van der Waals surface area (Å²) in [5.41, 5.74) is 4.31. The maximum atomic E-state index is 5.55. The van der Waals surface area contributed by atoms with Crippen LogP contribution in [0.25, 0.3) is 11.0 Å². The summed E-state index contributed by atoms with van der Waals surface area (Å²) in [5, 5.41) is 8.89. The van der Waals surface area contributed by atoms with E-state index in [9.17, 15) is 0 Å². The van der Waals surface area contributed by atoms with E-state index in [0.29, 0.717) is 6.04 Å². The van der Waals surface area contributed by atoms with E-state index in [-0.39, 0.29) is 0 Å². The third-order valence-corrected chi connectivity index (χ3v) is 5.24. The van der Waals surface area contributed by atoms with Crippen molar-refractivity contribution in [3.8, 4) is 0 Å². The van der Waals surface area contributed by atoms with E-state index in [0.717, 1.165) is 47.5 Å². The highest BCUT2D eigenvalue weighted by Crippen LogP contribution is 2.23. The van der Waals surface area contributed by atoms with Gasteiger partial charge in [0.05, 0.1) is 5.69 Å². The highest BCUT2D eigenvalue weighted by Gasteiger charge is 2.16. The van der Waals surface area contributed by atoms with Crippen LogP contribution < -0.4 is 5.32 Å². The molecule has 1 unspecified atom stereocenters. The molecule has 3 heterocycles. The lowest BCUT2D eigenvalue weighted by Crippen LogP contribution is -2.25. The first-order valence-electron chi connectivity index (χ1n) is 7.97. The predicted molar refractivity (Wildman–Crippen MR) is 93.6 cm³/mol. The van der Waals surface area contributed by atoms with E-state index in [1.54, 1.807) is 0 Å². The van der Waals surface area contributed by atoms with Crippen molar-refractivity contribution in [3.63, 3.8) is 0 Å². The van der Waals surface area contributed by atoms with Gasteiger partial charge in [0.25, 0.3) is 0 Å². The normalized spacial score (nSPS) is 17.8. The number of nitrogens with one attached hydrogen (secondary N) is 1. The van der Waals surface area contributed by atoms with Crippen LogP contribution in [0.4, 0.5) is 0 Å². The van der Waals surface area contributed by atoms with Gasteiger partial charge in [-0.1, -0.05) is 17.3 Å². The first-order valence-corrected chi connectivity index (χ1v) is 9.12. The molecule has 0 saturated carbocycles. The molecule has 3 aromatic rings. The zero-order valence-corrected chi connectivity index (χ0v) is 13.7. The van der Waals surface area contributed by atoms with Crippen LogP contribution in [0.2, 0.25) is 0 Å². The van der Waals surface area contributed by atoms with Crippen molar-refractivity contribution in [2.75, 3.05) is 11.6 Å². The summed E-state index contributed by atoms with van der Waals surface area (Å²) in [7, 11) is 0. The van der Waals surface area contributed by atoms with Crippen LogP contribution in [0.1, 0.15) is 17.0 Å². The van der Waals surface area contributed by atoms with E-state index in [4.69, 9.17) is 4.52 Å². The van der Waals surface area contributed by atoms with Crippen LogP contribution in [-0.4, -0.2) is 27.8 Å². The Morgan fingerprint density at radius 3 is 3.04 bits per heavy atom. The average Bonchev–Trinajstić information content (AvgIpc) is 3.23. The molecule has 23 heavy (non-hydrogen) atoms. The van der Waals surface area contributed by atoms with Crippen molar-refractivity contribution in [3.05, 3.63) is 59.5 Å². The molecule has 4 nitrogen and oxygen atoms in total. The maximum absolute atomic E-state index is 5.55. The summed E-state index contributed by atoms with van der Waals surface area (Å²) >= 11 is 1.96. The monoisotopic (exact) mass is 325 g/mol. The van der Waals surface area contributed by atoms with Crippen molar-refractivity contribution in [2.24, 2.45) is 0 Å². The molecular formula is C18H19N3OS. The van der Waals surface area contributed by atoms with E-state index >= 15 is 0 Å². The Kier molecular flexibility index (Phi) is 4.30.